The number of nitrogens with two attached hydrogens (primary N) is 1. The van der Waals surface area contributed by atoms with Crippen molar-refractivity contribution in [2.75, 3.05) is 0 Å². The van der Waals surface area contributed by atoms with Crippen LogP contribution in [0.15, 0.2) is 21.3 Å². The van der Waals surface area contributed by atoms with Gasteiger partial charge in [-0.1, -0.05) is 6.07 Å². The number of halogens is 2. The monoisotopic (exact) mass is 322 g/mol. The van der Waals surface area contributed by atoms with Crippen LogP contribution in [-0.4, -0.2) is 15.6 Å². The van der Waals surface area contributed by atoms with Crippen LogP contribution in [0, 0.1) is 0 Å². The highest BCUT2D eigenvalue weighted by Gasteiger charge is 2.26. The average Bonchev–Trinajstić information content (AvgIpc) is 2.01. The Morgan fingerprint density at radius 2 is 2.00 bits per heavy atom. The molecule has 5 heteroatoms. The number of hydrogen-bond acceptors (Lipinski definition) is 3. The summed E-state index contributed by atoms with van der Waals surface area (Å²) in [6.07, 6.45) is -0.738. The van der Waals surface area contributed by atoms with Gasteiger partial charge in [0.25, 0.3) is 0 Å². The standard InChI is InChI=1S/C9H12Br2N2O/c1-9(2,12)7(14)5-3-4-6(10)13-8(5)11/h3-4,7,14H,12H2,1-2H3. The van der Waals surface area contributed by atoms with Crippen LogP contribution in [0.2, 0.25) is 0 Å². The van der Waals surface area contributed by atoms with Gasteiger partial charge >= 0.3 is 0 Å². The second-order valence-corrected chi connectivity index (χ2v) is 5.30. The van der Waals surface area contributed by atoms with Crippen molar-refractivity contribution in [3.8, 4) is 0 Å². The molecular formula is C9H12Br2N2O. The first kappa shape index (κ1) is 12.1. The van der Waals surface area contributed by atoms with Crippen LogP contribution in [0.4, 0.5) is 0 Å². The molecule has 0 aromatic carbocycles. The summed E-state index contributed by atoms with van der Waals surface area (Å²) < 4.78 is 1.33. The quantitative estimate of drug-likeness (QED) is 0.821. The molecule has 1 aromatic rings. The van der Waals surface area contributed by atoms with Gasteiger partial charge in [-0.2, -0.15) is 0 Å². The normalized spacial score (nSPS) is 14.1. The molecule has 1 aromatic heterocycles. The van der Waals surface area contributed by atoms with Gasteiger partial charge in [0.15, 0.2) is 0 Å². The molecule has 0 saturated heterocycles. The Morgan fingerprint density at radius 1 is 1.43 bits per heavy atom. The van der Waals surface area contributed by atoms with Crippen LogP contribution in [0.5, 0.6) is 0 Å². The lowest BCUT2D eigenvalue weighted by Gasteiger charge is -2.26. The fourth-order valence-corrected chi connectivity index (χ4v) is 2.12. The van der Waals surface area contributed by atoms with Crippen molar-refractivity contribution in [2.45, 2.75) is 25.5 Å². The second kappa shape index (κ2) is 4.26. The summed E-state index contributed by atoms with van der Waals surface area (Å²) in [5, 5.41) is 9.92. The van der Waals surface area contributed by atoms with Crippen molar-refractivity contribution in [2.24, 2.45) is 5.73 Å². The zero-order valence-corrected chi connectivity index (χ0v) is 11.1. The number of pyridine rings is 1. The maximum Gasteiger partial charge on any atom is 0.113 e. The van der Waals surface area contributed by atoms with Gasteiger partial charge in [0.1, 0.15) is 9.21 Å². The molecule has 0 aliphatic rings. The maximum atomic E-state index is 9.92. The molecule has 1 unspecified atom stereocenters. The summed E-state index contributed by atoms with van der Waals surface area (Å²) in [5.41, 5.74) is 5.82. The van der Waals surface area contributed by atoms with Crippen LogP contribution in [-0.2, 0) is 0 Å². The summed E-state index contributed by atoms with van der Waals surface area (Å²) in [6, 6.07) is 3.56. The van der Waals surface area contributed by atoms with E-state index in [0.717, 1.165) is 4.60 Å². The number of aliphatic hydroxyl groups excluding tert-OH is 1. The van der Waals surface area contributed by atoms with Gasteiger partial charge in [-0.3, -0.25) is 0 Å². The van der Waals surface area contributed by atoms with Crippen LogP contribution in [0.3, 0.4) is 0 Å². The highest BCUT2D eigenvalue weighted by atomic mass is 79.9. The molecule has 0 radical (unpaired) electrons. The van der Waals surface area contributed by atoms with E-state index in [-0.39, 0.29) is 0 Å². The summed E-state index contributed by atoms with van der Waals surface area (Å²) >= 11 is 6.53. The lowest BCUT2D eigenvalue weighted by Crippen LogP contribution is -2.39. The molecule has 0 amide bonds. The predicted octanol–water partition coefficient (Wildman–Crippen LogP) is 2.38. The highest BCUT2D eigenvalue weighted by molar-refractivity contribution is 9.11. The lowest BCUT2D eigenvalue weighted by molar-refractivity contribution is 0.103. The zero-order valence-electron chi connectivity index (χ0n) is 7.96. The maximum absolute atomic E-state index is 9.92. The van der Waals surface area contributed by atoms with Crippen LogP contribution >= 0.6 is 31.9 Å². The molecule has 1 heterocycles. The molecule has 1 atom stereocenters. The number of nitrogens with zero attached hydrogens (tertiary/aromatic N) is 1. The van der Waals surface area contributed by atoms with E-state index in [2.05, 4.69) is 36.8 Å². The molecule has 78 valence electrons. The van der Waals surface area contributed by atoms with Crippen molar-refractivity contribution in [3.63, 3.8) is 0 Å². The van der Waals surface area contributed by atoms with E-state index in [4.69, 9.17) is 5.73 Å². The van der Waals surface area contributed by atoms with E-state index in [1.807, 2.05) is 0 Å². The van der Waals surface area contributed by atoms with Crippen LogP contribution in [0.1, 0.15) is 25.5 Å². The van der Waals surface area contributed by atoms with Crippen molar-refractivity contribution < 1.29 is 5.11 Å². The molecule has 1 rings (SSSR count). The molecule has 0 bridgehead atoms. The van der Waals surface area contributed by atoms with Crippen molar-refractivity contribution >= 4 is 31.9 Å². The van der Waals surface area contributed by atoms with E-state index >= 15 is 0 Å². The SMILES string of the molecule is CC(C)(N)C(O)c1ccc(Br)nc1Br. The summed E-state index contributed by atoms with van der Waals surface area (Å²) in [6.45, 7) is 3.54. The minimum atomic E-state index is -0.738. The van der Waals surface area contributed by atoms with E-state index in [1.54, 1.807) is 26.0 Å². The third-order valence-electron chi connectivity index (χ3n) is 1.84. The van der Waals surface area contributed by atoms with Gasteiger partial charge < -0.3 is 10.8 Å². The van der Waals surface area contributed by atoms with Gasteiger partial charge in [0, 0.05) is 11.1 Å². The Labute approximate surface area is 100.0 Å². The number of aliphatic hydroxyl groups is 1. The third kappa shape index (κ3) is 2.76. The van der Waals surface area contributed by atoms with E-state index in [9.17, 15) is 5.11 Å². The lowest BCUT2D eigenvalue weighted by atomic mass is 9.94. The van der Waals surface area contributed by atoms with E-state index < -0.39 is 11.6 Å². The summed E-state index contributed by atoms with van der Waals surface area (Å²) in [5.74, 6) is 0. The molecule has 0 aliphatic heterocycles. The summed E-state index contributed by atoms with van der Waals surface area (Å²) in [4.78, 5) is 4.13. The van der Waals surface area contributed by atoms with Gasteiger partial charge in [-0.15, -0.1) is 0 Å². The van der Waals surface area contributed by atoms with Gasteiger partial charge in [-0.25, -0.2) is 4.98 Å². The van der Waals surface area contributed by atoms with Crippen molar-refractivity contribution in [3.05, 3.63) is 26.9 Å². The molecular weight excluding hydrogens is 312 g/mol. The Kier molecular flexibility index (Phi) is 3.69. The van der Waals surface area contributed by atoms with Gasteiger partial charge in [0.2, 0.25) is 0 Å². The van der Waals surface area contributed by atoms with E-state index in [0.29, 0.717) is 10.2 Å². The fourth-order valence-electron chi connectivity index (χ4n) is 1.03. The van der Waals surface area contributed by atoms with Gasteiger partial charge in [-0.05, 0) is 51.8 Å². The minimum absolute atomic E-state index is 0.609. The number of aromatic nitrogens is 1. The smallest absolute Gasteiger partial charge is 0.113 e. The Hall–Kier alpha value is 0.0300. The Morgan fingerprint density at radius 3 is 2.43 bits per heavy atom. The topological polar surface area (TPSA) is 59.1 Å². The highest BCUT2D eigenvalue weighted by Crippen LogP contribution is 2.29. The molecule has 0 spiro atoms. The number of hydrogen-bond donors (Lipinski definition) is 2. The molecule has 0 fully saturated rings. The van der Waals surface area contributed by atoms with Crippen molar-refractivity contribution in [1.82, 2.24) is 4.98 Å². The first-order valence-corrected chi connectivity index (χ1v) is 5.70. The predicted molar refractivity (Wildman–Crippen MR) is 62.9 cm³/mol. The number of rotatable bonds is 2. The Balaban J connectivity index is 3.08. The molecule has 3 N–H and O–H groups in total. The first-order chi connectivity index (χ1) is 6.32. The molecule has 3 nitrogen and oxygen atoms in total. The average molecular weight is 324 g/mol. The molecule has 0 aliphatic carbocycles. The van der Waals surface area contributed by atoms with Crippen LogP contribution < -0.4 is 5.73 Å². The van der Waals surface area contributed by atoms with Crippen LogP contribution in [0.25, 0.3) is 0 Å². The van der Waals surface area contributed by atoms with Crippen molar-refractivity contribution in [1.29, 1.82) is 0 Å². The molecule has 0 saturated carbocycles. The fraction of sp³-hybridized carbons (Fsp3) is 0.444. The molecule has 14 heavy (non-hydrogen) atoms. The van der Waals surface area contributed by atoms with Gasteiger partial charge in [0.05, 0.1) is 6.10 Å². The first-order valence-electron chi connectivity index (χ1n) is 4.11. The minimum Gasteiger partial charge on any atom is -0.386 e. The zero-order chi connectivity index (χ0) is 10.9. The summed E-state index contributed by atoms with van der Waals surface area (Å²) in [7, 11) is 0. The third-order valence-corrected chi connectivity index (χ3v) is 2.92. The second-order valence-electron chi connectivity index (χ2n) is 3.74. The van der Waals surface area contributed by atoms with E-state index in [1.165, 1.54) is 0 Å². The largest absolute Gasteiger partial charge is 0.386 e. The Bertz CT molecular complexity index is 336.